The fourth-order valence-corrected chi connectivity index (χ4v) is 2.46. The number of aryl methyl sites for hydroxylation is 2. The zero-order valence-electron chi connectivity index (χ0n) is 11.1. The first-order chi connectivity index (χ1) is 8.60. The van der Waals surface area contributed by atoms with Crippen LogP contribution in [-0.2, 0) is 6.54 Å². The second-order valence-corrected chi connectivity index (χ2v) is 5.10. The molecule has 2 rings (SSSR count). The van der Waals surface area contributed by atoms with Crippen LogP contribution in [-0.4, -0.2) is 29.0 Å². The third-order valence-electron chi connectivity index (χ3n) is 2.68. The molecule has 5 nitrogen and oxygen atoms in total. The molecule has 2 aromatic heterocycles. The van der Waals surface area contributed by atoms with Crippen molar-refractivity contribution in [1.82, 2.24) is 15.0 Å². The van der Waals surface area contributed by atoms with E-state index in [1.807, 2.05) is 39.5 Å². The lowest BCUT2D eigenvalue weighted by molar-refractivity contribution is 0.891. The van der Waals surface area contributed by atoms with E-state index in [9.17, 15) is 0 Å². The van der Waals surface area contributed by atoms with Crippen LogP contribution in [0.1, 0.15) is 16.3 Å². The Morgan fingerprint density at radius 1 is 1.33 bits per heavy atom. The standard InChI is InChI=1S/C12H17N5S/c1-8-5-11(16-12(13-3)15-8)17(4)6-10-9(2)14-7-18-10/h5,7H,6H2,1-4H3,(H,13,15,16). The molecule has 0 aliphatic heterocycles. The van der Waals surface area contributed by atoms with Crippen LogP contribution in [0.4, 0.5) is 11.8 Å². The first-order valence-corrected chi connectivity index (χ1v) is 6.61. The SMILES string of the molecule is CNc1nc(C)cc(N(C)Cc2scnc2C)n1. The Labute approximate surface area is 111 Å². The smallest absolute Gasteiger partial charge is 0.224 e. The molecule has 2 aromatic rings. The first-order valence-electron chi connectivity index (χ1n) is 5.73. The summed E-state index contributed by atoms with van der Waals surface area (Å²) in [5.74, 6) is 1.57. The Kier molecular flexibility index (Phi) is 3.76. The molecule has 96 valence electrons. The quantitative estimate of drug-likeness (QED) is 0.916. The number of hydrogen-bond donors (Lipinski definition) is 1. The van der Waals surface area contributed by atoms with Crippen molar-refractivity contribution < 1.29 is 0 Å². The molecule has 0 spiro atoms. The van der Waals surface area contributed by atoms with Gasteiger partial charge >= 0.3 is 0 Å². The van der Waals surface area contributed by atoms with Crippen molar-refractivity contribution in [1.29, 1.82) is 0 Å². The van der Waals surface area contributed by atoms with Crippen LogP contribution in [0.15, 0.2) is 11.6 Å². The third-order valence-corrected chi connectivity index (χ3v) is 3.60. The lowest BCUT2D eigenvalue weighted by atomic mass is 10.3. The molecule has 18 heavy (non-hydrogen) atoms. The molecule has 0 atom stereocenters. The van der Waals surface area contributed by atoms with Crippen LogP contribution in [0.2, 0.25) is 0 Å². The van der Waals surface area contributed by atoms with Crippen LogP contribution in [0.3, 0.4) is 0 Å². The minimum Gasteiger partial charge on any atom is -0.357 e. The maximum absolute atomic E-state index is 4.45. The Bertz CT molecular complexity index is 537. The summed E-state index contributed by atoms with van der Waals surface area (Å²) in [6, 6.07) is 1.98. The van der Waals surface area contributed by atoms with E-state index in [1.165, 1.54) is 4.88 Å². The second-order valence-electron chi connectivity index (χ2n) is 4.16. The largest absolute Gasteiger partial charge is 0.357 e. The summed E-state index contributed by atoms with van der Waals surface area (Å²) in [5, 5.41) is 2.97. The number of nitrogens with zero attached hydrogens (tertiary/aromatic N) is 4. The molecule has 0 amide bonds. The molecule has 0 fully saturated rings. The highest BCUT2D eigenvalue weighted by molar-refractivity contribution is 7.09. The molecule has 0 aliphatic carbocycles. The van der Waals surface area contributed by atoms with E-state index in [1.54, 1.807) is 11.3 Å². The van der Waals surface area contributed by atoms with E-state index < -0.39 is 0 Å². The lowest BCUT2D eigenvalue weighted by Gasteiger charge is -2.18. The van der Waals surface area contributed by atoms with Gasteiger partial charge in [-0.1, -0.05) is 0 Å². The molecule has 0 saturated heterocycles. The average molecular weight is 263 g/mol. The van der Waals surface area contributed by atoms with Gasteiger partial charge in [-0.15, -0.1) is 11.3 Å². The fraction of sp³-hybridized carbons (Fsp3) is 0.417. The molecule has 0 saturated carbocycles. The number of hydrogen-bond acceptors (Lipinski definition) is 6. The van der Waals surface area contributed by atoms with E-state index in [2.05, 4.69) is 25.2 Å². The van der Waals surface area contributed by atoms with Gasteiger partial charge in [-0.3, -0.25) is 0 Å². The molecule has 0 aromatic carbocycles. The Hall–Kier alpha value is -1.69. The lowest BCUT2D eigenvalue weighted by Crippen LogP contribution is -2.18. The zero-order chi connectivity index (χ0) is 13.1. The molecule has 6 heteroatoms. The molecule has 0 bridgehead atoms. The normalized spacial score (nSPS) is 10.4. The first kappa shape index (κ1) is 12.8. The van der Waals surface area contributed by atoms with Crippen molar-refractivity contribution in [3.05, 3.63) is 27.8 Å². The van der Waals surface area contributed by atoms with E-state index in [0.29, 0.717) is 5.95 Å². The second kappa shape index (κ2) is 5.30. The van der Waals surface area contributed by atoms with E-state index in [4.69, 9.17) is 0 Å². The van der Waals surface area contributed by atoms with Gasteiger partial charge in [-0.2, -0.15) is 4.98 Å². The van der Waals surface area contributed by atoms with Gasteiger partial charge in [0.05, 0.1) is 17.7 Å². The summed E-state index contributed by atoms with van der Waals surface area (Å²) in [5.41, 5.74) is 3.92. The fourth-order valence-electron chi connectivity index (χ4n) is 1.63. The highest BCUT2D eigenvalue weighted by Gasteiger charge is 2.09. The molecule has 0 unspecified atom stereocenters. The summed E-state index contributed by atoms with van der Waals surface area (Å²) < 4.78 is 0. The van der Waals surface area contributed by atoms with Crippen molar-refractivity contribution >= 4 is 23.1 Å². The van der Waals surface area contributed by atoms with Gasteiger partial charge in [0.15, 0.2) is 0 Å². The van der Waals surface area contributed by atoms with Crippen LogP contribution in [0.5, 0.6) is 0 Å². The van der Waals surface area contributed by atoms with Gasteiger partial charge < -0.3 is 10.2 Å². The summed E-state index contributed by atoms with van der Waals surface area (Å²) in [4.78, 5) is 16.4. The zero-order valence-corrected chi connectivity index (χ0v) is 11.9. The van der Waals surface area contributed by atoms with Crippen LogP contribution >= 0.6 is 11.3 Å². The van der Waals surface area contributed by atoms with Crippen LogP contribution < -0.4 is 10.2 Å². The summed E-state index contributed by atoms with van der Waals surface area (Å²) in [7, 11) is 3.85. The van der Waals surface area contributed by atoms with E-state index in [-0.39, 0.29) is 0 Å². The van der Waals surface area contributed by atoms with Gasteiger partial charge in [0.25, 0.3) is 0 Å². The van der Waals surface area contributed by atoms with Gasteiger partial charge in [0.2, 0.25) is 5.95 Å². The Morgan fingerprint density at radius 2 is 2.11 bits per heavy atom. The summed E-state index contributed by atoms with van der Waals surface area (Å²) in [6.45, 7) is 4.82. The van der Waals surface area contributed by atoms with Crippen LogP contribution in [0.25, 0.3) is 0 Å². The highest BCUT2D eigenvalue weighted by Crippen LogP contribution is 2.19. The summed E-state index contributed by atoms with van der Waals surface area (Å²) in [6.07, 6.45) is 0. The van der Waals surface area contributed by atoms with Crippen molar-refractivity contribution in [3.8, 4) is 0 Å². The van der Waals surface area contributed by atoms with E-state index >= 15 is 0 Å². The molecule has 1 N–H and O–H groups in total. The molecule has 0 aliphatic rings. The molecular formula is C12H17N5S. The minimum absolute atomic E-state index is 0.651. The predicted octanol–water partition coefficient (Wildman–Crippen LogP) is 2.23. The number of thiazole rings is 1. The highest BCUT2D eigenvalue weighted by atomic mass is 32.1. The molecule has 2 heterocycles. The van der Waals surface area contributed by atoms with Gasteiger partial charge in [0.1, 0.15) is 5.82 Å². The molecular weight excluding hydrogens is 246 g/mol. The Morgan fingerprint density at radius 3 is 2.72 bits per heavy atom. The maximum Gasteiger partial charge on any atom is 0.224 e. The van der Waals surface area contributed by atoms with Crippen LogP contribution in [0, 0.1) is 13.8 Å². The average Bonchev–Trinajstić information content (AvgIpc) is 2.74. The number of nitrogens with one attached hydrogen (secondary N) is 1. The molecule has 0 radical (unpaired) electrons. The number of anilines is 2. The van der Waals surface area contributed by atoms with Crippen molar-refractivity contribution in [2.75, 3.05) is 24.3 Å². The number of rotatable bonds is 4. The maximum atomic E-state index is 4.45. The summed E-state index contributed by atoms with van der Waals surface area (Å²) >= 11 is 1.67. The third kappa shape index (κ3) is 2.76. The monoisotopic (exact) mass is 263 g/mol. The van der Waals surface area contributed by atoms with Gasteiger partial charge in [0, 0.05) is 30.7 Å². The van der Waals surface area contributed by atoms with Gasteiger partial charge in [-0.25, -0.2) is 9.97 Å². The number of aromatic nitrogens is 3. The van der Waals surface area contributed by atoms with Crippen molar-refractivity contribution in [3.63, 3.8) is 0 Å². The van der Waals surface area contributed by atoms with Crippen molar-refractivity contribution in [2.45, 2.75) is 20.4 Å². The van der Waals surface area contributed by atoms with E-state index in [0.717, 1.165) is 23.8 Å². The van der Waals surface area contributed by atoms with Crippen molar-refractivity contribution in [2.24, 2.45) is 0 Å². The van der Waals surface area contributed by atoms with Gasteiger partial charge in [-0.05, 0) is 13.8 Å². The topological polar surface area (TPSA) is 53.9 Å². The minimum atomic E-state index is 0.651. The predicted molar refractivity (Wildman–Crippen MR) is 75.3 cm³/mol. The Balaban J connectivity index is 2.20.